The van der Waals surface area contributed by atoms with Crippen molar-refractivity contribution in [2.45, 2.75) is 13.3 Å². The Morgan fingerprint density at radius 2 is 1.46 bits per heavy atom. The van der Waals surface area contributed by atoms with Gasteiger partial charge in [0, 0.05) is 22.3 Å². The third-order valence-electron chi connectivity index (χ3n) is 4.83. The second-order valence-corrected chi connectivity index (χ2v) is 6.58. The summed E-state index contributed by atoms with van der Waals surface area (Å²) in [5.74, 6) is -0.427. The molecular weight excluding hydrogens is 346 g/mol. The molecule has 0 spiro atoms. The number of para-hydroxylation sites is 1. The number of carbonyl (C=O) groups is 1. The van der Waals surface area contributed by atoms with Gasteiger partial charge in [-0.15, -0.1) is 0 Å². The van der Waals surface area contributed by atoms with Crippen LogP contribution in [-0.4, -0.2) is 15.7 Å². The number of benzene rings is 3. The average molecular weight is 367 g/mol. The van der Waals surface area contributed by atoms with Crippen molar-refractivity contribution in [2.75, 3.05) is 0 Å². The van der Waals surface area contributed by atoms with E-state index in [4.69, 9.17) is 10.8 Å². The summed E-state index contributed by atoms with van der Waals surface area (Å²) in [6.45, 7) is 2.14. The Morgan fingerprint density at radius 1 is 0.857 bits per heavy atom. The van der Waals surface area contributed by atoms with Crippen molar-refractivity contribution in [2.24, 2.45) is 5.73 Å². The smallest absolute Gasteiger partial charge is 0.248 e. The van der Waals surface area contributed by atoms with Gasteiger partial charge in [0.15, 0.2) is 0 Å². The fourth-order valence-electron chi connectivity index (χ4n) is 3.46. The van der Waals surface area contributed by atoms with Crippen molar-refractivity contribution in [1.82, 2.24) is 9.78 Å². The van der Waals surface area contributed by atoms with Crippen LogP contribution < -0.4 is 5.73 Å². The summed E-state index contributed by atoms with van der Waals surface area (Å²) >= 11 is 0. The number of nitrogens with zero attached hydrogens (tertiary/aromatic N) is 2. The maximum atomic E-state index is 11.5. The van der Waals surface area contributed by atoms with Crippen LogP contribution >= 0.6 is 0 Å². The Bertz CT molecular complexity index is 1100. The quantitative estimate of drug-likeness (QED) is 0.547. The van der Waals surface area contributed by atoms with Crippen molar-refractivity contribution in [3.05, 3.63) is 96.1 Å². The SMILES string of the molecule is CCc1c(-c2ccccc2)nn(-c2ccccc2)c1-c1ccc(C(N)=O)cc1. The number of hydrogen-bond donors (Lipinski definition) is 1. The fourth-order valence-corrected chi connectivity index (χ4v) is 3.46. The van der Waals surface area contributed by atoms with Gasteiger partial charge < -0.3 is 5.73 Å². The van der Waals surface area contributed by atoms with E-state index in [2.05, 4.69) is 19.1 Å². The molecule has 1 aromatic heterocycles. The van der Waals surface area contributed by atoms with Crippen LogP contribution in [0.4, 0.5) is 0 Å². The number of rotatable bonds is 5. The Balaban J connectivity index is 1.97. The third kappa shape index (κ3) is 3.21. The molecule has 0 radical (unpaired) electrons. The molecule has 4 nitrogen and oxygen atoms in total. The van der Waals surface area contributed by atoms with Gasteiger partial charge in [-0.1, -0.05) is 67.6 Å². The molecule has 0 atom stereocenters. The van der Waals surface area contributed by atoms with Crippen LogP contribution in [0, 0.1) is 0 Å². The molecule has 28 heavy (non-hydrogen) atoms. The predicted octanol–water partition coefficient (Wildman–Crippen LogP) is 4.87. The molecule has 0 saturated carbocycles. The highest BCUT2D eigenvalue weighted by Gasteiger charge is 2.20. The first kappa shape index (κ1) is 17.7. The first-order valence-electron chi connectivity index (χ1n) is 9.32. The maximum Gasteiger partial charge on any atom is 0.248 e. The molecule has 0 aliphatic heterocycles. The summed E-state index contributed by atoms with van der Waals surface area (Å²) in [7, 11) is 0. The number of primary amides is 1. The fraction of sp³-hybridized carbons (Fsp3) is 0.0833. The van der Waals surface area contributed by atoms with E-state index < -0.39 is 5.91 Å². The van der Waals surface area contributed by atoms with Crippen LogP contribution in [0.15, 0.2) is 84.9 Å². The number of carbonyl (C=O) groups excluding carboxylic acids is 1. The van der Waals surface area contributed by atoms with E-state index in [9.17, 15) is 4.79 Å². The molecule has 4 aromatic rings. The highest BCUT2D eigenvalue weighted by Crippen LogP contribution is 2.34. The summed E-state index contributed by atoms with van der Waals surface area (Å²) in [6.07, 6.45) is 0.837. The van der Waals surface area contributed by atoms with Gasteiger partial charge >= 0.3 is 0 Å². The van der Waals surface area contributed by atoms with Gasteiger partial charge in [0.25, 0.3) is 0 Å². The molecule has 0 saturated heterocycles. The first-order chi connectivity index (χ1) is 13.7. The lowest BCUT2D eigenvalue weighted by molar-refractivity contribution is 0.100. The zero-order valence-corrected chi connectivity index (χ0v) is 15.7. The molecule has 4 heteroatoms. The number of aromatic nitrogens is 2. The van der Waals surface area contributed by atoms with Gasteiger partial charge in [-0.05, 0) is 30.7 Å². The molecule has 0 aliphatic rings. The summed E-state index contributed by atoms with van der Waals surface area (Å²) < 4.78 is 1.99. The van der Waals surface area contributed by atoms with Gasteiger partial charge in [0.1, 0.15) is 0 Å². The second kappa shape index (κ2) is 7.53. The zero-order chi connectivity index (χ0) is 19.5. The monoisotopic (exact) mass is 367 g/mol. The van der Waals surface area contributed by atoms with Gasteiger partial charge in [-0.3, -0.25) is 4.79 Å². The molecule has 138 valence electrons. The number of nitrogens with two attached hydrogens (primary N) is 1. The first-order valence-corrected chi connectivity index (χ1v) is 9.32. The van der Waals surface area contributed by atoms with Crippen molar-refractivity contribution in [1.29, 1.82) is 0 Å². The molecule has 1 amide bonds. The molecule has 2 N–H and O–H groups in total. The highest BCUT2D eigenvalue weighted by molar-refractivity contribution is 5.93. The summed E-state index contributed by atoms with van der Waals surface area (Å²) in [4.78, 5) is 11.5. The molecule has 0 aliphatic carbocycles. The van der Waals surface area contributed by atoms with Gasteiger partial charge in [-0.2, -0.15) is 5.10 Å². The van der Waals surface area contributed by atoms with E-state index in [1.165, 1.54) is 5.56 Å². The van der Waals surface area contributed by atoms with Crippen LogP contribution in [-0.2, 0) is 6.42 Å². The van der Waals surface area contributed by atoms with Crippen molar-refractivity contribution in [3.8, 4) is 28.2 Å². The van der Waals surface area contributed by atoms with Crippen LogP contribution in [0.3, 0.4) is 0 Å². The Morgan fingerprint density at radius 3 is 2.04 bits per heavy atom. The van der Waals surface area contributed by atoms with E-state index >= 15 is 0 Å². The number of amides is 1. The van der Waals surface area contributed by atoms with Crippen LogP contribution in [0.2, 0.25) is 0 Å². The molecular formula is C24H21N3O. The minimum Gasteiger partial charge on any atom is -0.366 e. The third-order valence-corrected chi connectivity index (χ3v) is 4.83. The van der Waals surface area contributed by atoms with E-state index in [1.54, 1.807) is 12.1 Å². The minimum atomic E-state index is -0.427. The molecule has 0 bridgehead atoms. The van der Waals surface area contributed by atoms with Gasteiger partial charge in [-0.25, -0.2) is 4.68 Å². The van der Waals surface area contributed by atoms with Crippen molar-refractivity contribution in [3.63, 3.8) is 0 Å². The normalized spacial score (nSPS) is 10.8. The molecule has 0 unspecified atom stereocenters. The largest absolute Gasteiger partial charge is 0.366 e. The lowest BCUT2D eigenvalue weighted by atomic mass is 9.99. The van der Waals surface area contributed by atoms with Crippen molar-refractivity contribution < 1.29 is 4.79 Å². The standard InChI is InChI=1S/C24H21N3O/c1-2-21-22(17-9-5-3-6-10-17)26-27(20-11-7-4-8-12-20)23(21)18-13-15-19(16-14-18)24(25)28/h3-16H,2H2,1H3,(H2,25,28). The van der Waals surface area contributed by atoms with E-state index in [0.29, 0.717) is 5.56 Å². The summed E-state index contributed by atoms with van der Waals surface area (Å²) in [5.41, 5.74) is 12.2. The molecule has 1 heterocycles. The summed E-state index contributed by atoms with van der Waals surface area (Å²) in [5, 5.41) is 4.98. The highest BCUT2D eigenvalue weighted by atomic mass is 16.1. The lowest BCUT2D eigenvalue weighted by Crippen LogP contribution is -2.10. The Hall–Kier alpha value is -3.66. The van der Waals surface area contributed by atoms with E-state index in [-0.39, 0.29) is 0 Å². The van der Waals surface area contributed by atoms with Gasteiger partial charge in [0.05, 0.1) is 17.1 Å². The van der Waals surface area contributed by atoms with E-state index in [1.807, 2.05) is 65.3 Å². The molecule has 4 rings (SSSR count). The minimum absolute atomic E-state index is 0.427. The van der Waals surface area contributed by atoms with Crippen LogP contribution in [0.25, 0.3) is 28.2 Å². The summed E-state index contributed by atoms with van der Waals surface area (Å²) in [6, 6.07) is 27.7. The Kier molecular flexibility index (Phi) is 4.77. The Labute approximate surface area is 164 Å². The van der Waals surface area contributed by atoms with Gasteiger partial charge in [0.2, 0.25) is 5.91 Å². The second-order valence-electron chi connectivity index (χ2n) is 6.58. The predicted molar refractivity (Wildman–Crippen MR) is 112 cm³/mol. The molecule has 3 aromatic carbocycles. The lowest BCUT2D eigenvalue weighted by Gasteiger charge is -2.10. The van der Waals surface area contributed by atoms with Crippen LogP contribution in [0.1, 0.15) is 22.8 Å². The average Bonchev–Trinajstić information content (AvgIpc) is 3.14. The molecule has 0 fully saturated rings. The zero-order valence-electron chi connectivity index (χ0n) is 15.7. The number of hydrogen-bond acceptors (Lipinski definition) is 2. The van der Waals surface area contributed by atoms with Crippen molar-refractivity contribution >= 4 is 5.91 Å². The maximum absolute atomic E-state index is 11.5. The van der Waals surface area contributed by atoms with Crippen LogP contribution in [0.5, 0.6) is 0 Å². The van der Waals surface area contributed by atoms with E-state index in [0.717, 1.165) is 34.6 Å². The topological polar surface area (TPSA) is 60.9 Å².